The Balaban J connectivity index is 0.00000280. The minimum absolute atomic E-state index is 0. The van der Waals surface area contributed by atoms with Crippen LogP contribution in [0.1, 0.15) is 37.3 Å². The highest BCUT2D eigenvalue weighted by Crippen LogP contribution is 2.16. The zero-order valence-electron chi connectivity index (χ0n) is 16.2. The summed E-state index contributed by atoms with van der Waals surface area (Å²) in [5.41, 5.74) is 2.17. The third-order valence-corrected chi connectivity index (χ3v) is 6.64. The van der Waals surface area contributed by atoms with E-state index in [1.807, 2.05) is 30.0 Å². The second-order valence-electron chi connectivity index (χ2n) is 7.18. The Kier molecular flexibility index (Phi) is 8.54. The number of guanidine groups is 1. The number of carbonyl (C=O) groups excluding carboxylic acids is 1. The molecule has 0 spiro atoms. The number of hydrogen-bond acceptors (Lipinski definition) is 4. The number of benzene rings is 1. The maximum atomic E-state index is 11.8. The first kappa shape index (κ1) is 22.9. The maximum Gasteiger partial charge on any atom is 0.222 e. The number of likely N-dealkylation sites (tertiary alicyclic amines) is 1. The number of halogens is 1. The Bertz CT molecular complexity index is 813. The van der Waals surface area contributed by atoms with E-state index in [4.69, 9.17) is 0 Å². The van der Waals surface area contributed by atoms with Gasteiger partial charge in [0.2, 0.25) is 5.91 Å². The van der Waals surface area contributed by atoms with Gasteiger partial charge in [-0.1, -0.05) is 24.3 Å². The van der Waals surface area contributed by atoms with Gasteiger partial charge >= 0.3 is 0 Å². The SMILES string of the molecule is CCNC(=NCc1cccc(CN2CCCC2=O)c1)NC1CCS(=O)(=O)C1.I. The summed E-state index contributed by atoms with van der Waals surface area (Å²) in [6.07, 6.45) is 2.21. The van der Waals surface area contributed by atoms with Crippen LogP contribution in [0.4, 0.5) is 0 Å². The summed E-state index contributed by atoms with van der Waals surface area (Å²) < 4.78 is 23.3. The van der Waals surface area contributed by atoms with Gasteiger partial charge in [0.15, 0.2) is 15.8 Å². The third-order valence-electron chi connectivity index (χ3n) is 4.87. The van der Waals surface area contributed by atoms with E-state index in [0.717, 1.165) is 24.1 Å². The fourth-order valence-electron chi connectivity index (χ4n) is 3.51. The van der Waals surface area contributed by atoms with E-state index in [1.165, 1.54) is 0 Å². The molecule has 2 fully saturated rings. The van der Waals surface area contributed by atoms with Gasteiger partial charge < -0.3 is 15.5 Å². The van der Waals surface area contributed by atoms with Crippen molar-refractivity contribution in [3.8, 4) is 0 Å². The number of rotatable bonds is 6. The Hall–Kier alpha value is -1.36. The molecule has 28 heavy (non-hydrogen) atoms. The molecule has 0 radical (unpaired) electrons. The first-order valence-corrected chi connectivity index (χ1v) is 11.4. The third kappa shape index (κ3) is 6.61. The smallest absolute Gasteiger partial charge is 0.222 e. The number of sulfone groups is 1. The summed E-state index contributed by atoms with van der Waals surface area (Å²) in [5, 5.41) is 6.41. The van der Waals surface area contributed by atoms with Gasteiger partial charge in [0.1, 0.15) is 0 Å². The Morgan fingerprint density at radius 2 is 2.11 bits per heavy atom. The highest BCUT2D eigenvalue weighted by molar-refractivity contribution is 14.0. The second kappa shape index (κ2) is 10.4. The summed E-state index contributed by atoms with van der Waals surface area (Å²) in [7, 11) is -2.92. The van der Waals surface area contributed by atoms with E-state index >= 15 is 0 Å². The van der Waals surface area contributed by atoms with Crippen LogP contribution >= 0.6 is 24.0 Å². The lowest BCUT2D eigenvalue weighted by molar-refractivity contribution is -0.128. The van der Waals surface area contributed by atoms with Crippen molar-refractivity contribution in [1.82, 2.24) is 15.5 Å². The van der Waals surface area contributed by atoms with Crippen LogP contribution < -0.4 is 10.6 Å². The lowest BCUT2D eigenvalue weighted by Gasteiger charge is -2.17. The summed E-state index contributed by atoms with van der Waals surface area (Å²) in [6, 6.07) is 8.04. The normalized spacial score (nSPS) is 21.5. The largest absolute Gasteiger partial charge is 0.357 e. The van der Waals surface area contributed by atoms with Crippen LogP contribution in [0.15, 0.2) is 29.3 Å². The van der Waals surface area contributed by atoms with Crippen molar-refractivity contribution in [1.29, 1.82) is 0 Å². The fourth-order valence-corrected chi connectivity index (χ4v) is 5.18. The number of hydrogen-bond donors (Lipinski definition) is 2. The zero-order chi connectivity index (χ0) is 19.3. The molecular weight excluding hydrogens is 491 g/mol. The number of amides is 1. The molecule has 7 nitrogen and oxygen atoms in total. The molecule has 2 aliphatic heterocycles. The topological polar surface area (TPSA) is 90.9 Å². The van der Waals surface area contributed by atoms with Crippen LogP contribution in [-0.2, 0) is 27.7 Å². The molecule has 1 aromatic rings. The molecule has 1 atom stereocenters. The second-order valence-corrected chi connectivity index (χ2v) is 9.41. The van der Waals surface area contributed by atoms with E-state index in [0.29, 0.717) is 38.4 Å². The van der Waals surface area contributed by atoms with E-state index in [9.17, 15) is 13.2 Å². The van der Waals surface area contributed by atoms with Gasteiger partial charge in [-0.25, -0.2) is 13.4 Å². The highest BCUT2D eigenvalue weighted by atomic mass is 127. The predicted molar refractivity (Wildman–Crippen MR) is 122 cm³/mol. The van der Waals surface area contributed by atoms with Crippen molar-refractivity contribution in [3.05, 3.63) is 35.4 Å². The van der Waals surface area contributed by atoms with Gasteiger partial charge in [-0.05, 0) is 30.9 Å². The first-order chi connectivity index (χ1) is 12.9. The molecule has 0 saturated carbocycles. The minimum Gasteiger partial charge on any atom is -0.357 e. The lowest BCUT2D eigenvalue weighted by atomic mass is 10.1. The Morgan fingerprint density at radius 3 is 2.75 bits per heavy atom. The van der Waals surface area contributed by atoms with Gasteiger partial charge in [0.05, 0.1) is 18.1 Å². The van der Waals surface area contributed by atoms with Crippen LogP contribution in [0.25, 0.3) is 0 Å². The maximum absolute atomic E-state index is 11.8. The van der Waals surface area contributed by atoms with Gasteiger partial charge in [-0.15, -0.1) is 24.0 Å². The molecule has 1 amide bonds. The van der Waals surface area contributed by atoms with Crippen molar-refractivity contribution in [2.45, 2.75) is 45.3 Å². The van der Waals surface area contributed by atoms with Gasteiger partial charge in [0.25, 0.3) is 0 Å². The molecule has 2 saturated heterocycles. The number of carbonyl (C=O) groups is 1. The summed E-state index contributed by atoms with van der Waals surface area (Å²) in [6.45, 7) is 4.67. The molecule has 2 N–H and O–H groups in total. The van der Waals surface area contributed by atoms with Crippen molar-refractivity contribution in [2.24, 2.45) is 4.99 Å². The zero-order valence-corrected chi connectivity index (χ0v) is 19.3. The molecule has 1 aromatic carbocycles. The standard InChI is InChI=1S/C19H28N4O3S.HI/c1-2-20-19(22-17-8-10-27(25,26)14-17)21-12-15-5-3-6-16(11-15)13-23-9-4-7-18(23)24;/h3,5-6,11,17H,2,4,7-10,12-14H2,1H3,(H2,20,21,22);1H. The van der Waals surface area contributed by atoms with E-state index in [1.54, 1.807) is 0 Å². The van der Waals surface area contributed by atoms with Crippen LogP contribution in [0.5, 0.6) is 0 Å². The quantitative estimate of drug-likeness (QED) is 0.339. The lowest BCUT2D eigenvalue weighted by Crippen LogP contribution is -2.44. The monoisotopic (exact) mass is 520 g/mol. The predicted octanol–water partition coefficient (Wildman–Crippen LogP) is 1.67. The van der Waals surface area contributed by atoms with Crippen molar-refractivity contribution in [3.63, 3.8) is 0 Å². The van der Waals surface area contributed by atoms with Crippen LogP contribution in [0.2, 0.25) is 0 Å². The van der Waals surface area contributed by atoms with E-state index in [-0.39, 0.29) is 47.4 Å². The summed E-state index contributed by atoms with van der Waals surface area (Å²) in [5.74, 6) is 1.27. The van der Waals surface area contributed by atoms with Gasteiger partial charge in [0, 0.05) is 32.1 Å². The average molecular weight is 520 g/mol. The molecule has 156 valence electrons. The van der Waals surface area contributed by atoms with Crippen molar-refractivity contribution >= 4 is 45.7 Å². The molecule has 2 heterocycles. The molecule has 9 heteroatoms. The number of aliphatic imine (C=N–C) groups is 1. The molecule has 3 rings (SSSR count). The molecule has 0 aromatic heterocycles. The van der Waals surface area contributed by atoms with Crippen LogP contribution in [0, 0.1) is 0 Å². The molecule has 0 bridgehead atoms. The average Bonchev–Trinajstić information content (AvgIpc) is 3.18. The number of nitrogens with one attached hydrogen (secondary N) is 2. The number of nitrogens with zero attached hydrogens (tertiary/aromatic N) is 2. The molecular formula is C19H29IN4O3S. The van der Waals surface area contributed by atoms with E-state index < -0.39 is 9.84 Å². The Morgan fingerprint density at radius 1 is 1.32 bits per heavy atom. The van der Waals surface area contributed by atoms with Crippen LogP contribution in [-0.4, -0.2) is 55.8 Å². The van der Waals surface area contributed by atoms with Crippen molar-refractivity contribution < 1.29 is 13.2 Å². The molecule has 2 aliphatic rings. The first-order valence-electron chi connectivity index (χ1n) is 9.56. The minimum atomic E-state index is -2.92. The van der Waals surface area contributed by atoms with E-state index in [2.05, 4.69) is 21.7 Å². The summed E-state index contributed by atoms with van der Waals surface area (Å²) >= 11 is 0. The molecule has 0 aliphatic carbocycles. The fraction of sp³-hybridized carbons (Fsp3) is 0.579. The Labute approximate surface area is 184 Å². The van der Waals surface area contributed by atoms with Crippen molar-refractivity contribution in [2.75, 3.05) is 24.6 Å². The van der Waals surface area contributed by atoms with Gasteiger partial charge in [-0.3, -0.25) is 4.79 Å². The summed E-state index contributed by atoms with van der Waals surface area (Å²) in [4.78, 5) is 18.3. The molecule has 1 unspecified atom stereocenters. The highest BCUT2D eigenvalue weighted by Gasteiger charge is 2.28. The van der Waals surface area contributed by atoms with Gasteiger partial charge in [-0.2, -0.15) is 0 Å². The van der Waals surface area contributed by atoms with Crippen LogP contribution in [0.3, 0.4) is 0 Å².